The van der Waals surface area contributed by atoms with Gasteiger partial charge in [-0.3, -0.25) is 9.59 Å². The van der Waals surface area contributed by atoms with Crippen LogP contribution in [0.2, 0.25) is 0 Å². The van der Waals surface area contributed by atoms with E-state index in [4.69, 9.17) is 4.74 Å². The van der Waals surface area contributed by atoms with Crippen LogP contribution in [0.3, 0.4) is 0 Å². The average Bonchev–Trinajstić information content (AvgIpc) is 2.73. The van der Waals surface area contributed by atoms with Gasteiger partial charge in [0.2, 0.25) is 0 Å². The predicted molar refractivity (Wildman–Crippen MR) is 110 cm³/mol. The molecule has 0 radical (unpaired) electrons. The van der Waals surface area contributed by atoms with Gasteiger partial charge in [-0.1, -0.05) is 15.9 Å². The summed E-state index contributed by atoms with van der Waals surface area (Å²) in [5.41, 5.74) is 1.74. The topological polar surface area (TPSA) is 61.9 Å². The van der Waals surface area contributed by atoms with Crippen molar-refractivity contribution in [2.75, 3.05) is 43.5 Å². The Morgan fingerprint density at radius 3 is 2.23 bits per heavy atom. The van der Waals surface area contributed by atoms with Crippen LogP contribution in [0.4, 0.5) is 24.5 Å². The summed E-state index contributed by atoms with van der Waals surface area (Å²) in [6.45, 7) is 0.588. The number of nitrogens with one attached hydrogen (secondary N) is 1. The van der Waals surface area contributed by atoms with E-state index in [-0.39, 0.29) is 19.0 Å². The van der Waals surface area contributed by atoms with Gasteiger partial charge in [-0.15, -0.1) is 0 Å². The molecule has 6 nitrogen and oxygen atoms in total. The first-order valence-electron chi connectivity index (χ1n) is 9.05. The van der Waals surface area contributed by atoms with Crippen LogP contribution < -0.4 is 15.0 Å². The Hall–Kier alpha value is -2.75. The number of ether oxygens (including phenoxy) is 1. The van der Waals surface area contributed by atoms with Crippen LogP contribution in [-0.4, -0.2) is 56.2 Å². The summed E-state index contributed by atoms with van der Waals surface area (Å²) in [5.74, 6) is -1.69. The molecule has 1 aliphatic heterocycles. The first-order chi connectivity index (χ1) is 14.2. The molecule has 0 aliphatic carbocycles. The van der Waals surface area contributed by atoms with Gasteiger partial charge >= 0.3 is 12.1 Å². The molecule has 160 valence electrons. The number of carbonyl (C=O) groups is 2. The number of halogens is 4. The molecule has 1 N–H and O–H groups in total. The Morgan fingerprint density at radius 2 is 1.67 bits per heavy atom. The summed E-state index contributed by atoms with van der Waals surface area (Å²) >= 11 is 3.33. The number of methoxy groups -OCH3 is 1. The van der Waals surface area contributed by atoms with E-state index in [0.29, 0.717) is 30.1 Å². The van der Waals surface area contributed by atoms with E-state index in [2.05, 4.69) is 21.2 Å². The summed E-state index contributed by atoms with van der Waals surface area (Å²) < 4.78 is 43.6. The summed E-state index contributed by atoms with van der Waals surface area (Å²) in [4.78, 5) is 26.6. The Morgan fingerprint density at radius 1 is 1.03 bits per heavy atom. The second kappa shape index (κ2) is 8.95. The van der Waals surface area contributed by atoms with Gasteiger partial charge < -0.3 is 19.9 Å². The number of anilines is 2. The minimum absolute atomic E-state index is 0.000486. The molecule has 0 bridgehead atoms. The normalized spacial score (nSPS) is 14.4. The van der Waals surface area contributed by atoms with Crippen LogP contribution in [0.25, 0.3) is 0 Å². The zero-order valence-corrected chi connectivity index (χ0v) is 17.6. The molecule has 0 saturated carbocycles. The van der Waals surface area contributed by atoms with Crippen LogP contribution in [0.5, 0.6) is 5.75 Å². The maximum absolute atomic E-state index is 12.6. The lowest BCUT2D eigenvalue weighted by atomic mass is 10.1. The SMILES string of the molecule is COc1ccc(Br)cc1C(=O)Nc1ccc(N2CCN(C(=O)C(F)(F)F)CC2)cc1. The average molecular weight is 486 g/mol. The van der Waals surface area contributed by atoms with Gasteiger partial charge in [-0.05, 0) is 42.5 Å². The van der Waals surface area contributed by atoms with Gasteiger partial charge in [-0.2, -0.15) is 13.2 Å². The summed E-state index contributed by atoms with van der Waals surface area (Å²) in [7, 11) is 1.48. The Labute approximate surface area is 179 Å². The number of benzene rings is 2. The third-order valence-corrected chi connectivity index (χ3v) is 5.20. The third-order valence-electron chi connectivity index (χ3n) is 4.71. The fourth-order valence-corrected chi connectivity index (χ4v) is 3.52. The van der Waals surface area contributed by atoms with E-state index in [9.17, 15) is 22.8 Å². The zero-order valence-electron chi connectivity index (χ0n) is 16.0. The maximum Gasteiger partial charge on any atom is 0.471 e. The molecule has 2 amide bonds. The molecule has 2 aromatic carbocycles. The van der Waals surface area contributed by atoms with Crippen LogP contribution in [0.1, 0.15) is 10.4 Å². The lowest BCUT2D eigenvalue weighted by Gasteiger charge is -2.36. The second-order valence-electron chi connectivity index (χ2n) is 6.62. The summed E-state index contributed by atoms with van der Waals surface area (Å²) in [5, 5.41) is 2.79. The predicted octanol–water partition coefficient (Wildman–Crippen LogP) is 3.92. The number of rotatable bonds is 4. The monoisotopic (exact) mass is 485 g/mol. The highest BCUT2D eigenvalue weighted by molar-refractivity contribution is 9.10. The second-order valence-corrected chi connectivity index (χ2v) is 7.54. The van der Waals surface area contributed by atoms with Crippen LogP contribution in [0.15, 0.2) is 46.9 Å². The highest BCUT2D eigenvalue weighted by atomic mass is 79.9. The van der Waals surface area contributed by atoms with Gasteiger partial charge in [0.05, 0.1) is 12.7 Å². The molecule has 1 heterocycles. The molecular weight excluding hydrogens is 467 g/mol. The molecule has 30 heavy (non-hydrogen) atoms. The molecule has 3 rings (SSSR count). The van der Waals surface area contributed by atoms with Crippen molar-refractivity contribution in [3.63, 3.8) is 0 Å². The van der Waals surface area contributed by atoms with E-state index in [0.717, 1.165) is 15.1 Å². The molecule has 0 atom stereocenters. The number of hydrogen-bond acceptors (Lipinski definition) is 4. The quantitative estimate of drug-likeness (QED) is 0.712. The van der Waals surface area contributed by atoms with Crippen molar-refractivity contribution in [1.82, 2.24) is 4.90 Å². The minimum Gasteiger partial charge on any atom is -0.496 e. The molecule has 1 fully saturated rings. The Kier molecular flexibility index (Phi) is 6.55. The molecular formula is C20H19BrF3N3O3. The van der Waals surface area contributed by atoms with Gasteiger partial charge in [0, 0.05) is 42.0 Å². The number of alkyl halides is 3. The number of carbonyl (C=O) groups excluding carboxylic acids is 2. The standard InChI is InChI=1S/C20H19BrF3N3O3/c1-30-17-7-2-13(21)12-16(17)18(28)25-14-3-5-15(6-4-14)26-8-10-27(11-9-26)19(29)20(22,23)24/h2-7,12H,8-11H2,1H3,(H,25,28). The number of hydrogen-bond donors (Lipinski definition) is 1. The highest BCUT2D eigenvalue weighted by Gasteiger charge is 2.43. The van der Waals surface area contributed by atoms with E-state index in [1.165, 1.54) is 7.11 Å². The van der Waals surface area contributed by atoms with Crippen LogP contribution >= 0.6 is 15.9 Å². The van der Waals surface area contributed by atoms with Crippen molar-refractivity contribution >= 4 is 39.1 Å². The summed E-state index contributed by atoms with van der Waals surface area (Å²) in [6, 6.07) is 12.1. The van der Waals surface area contributed by atoms with Crippen molar-refractivity contribution in [3.8, 4) is 5.75 Å². The van der Waals surface area contributed by atoms with Gasteiger partial charge in [0.15, 0.2) is 0 Å². The third kappa shape index (κ3) is 5.05. The van der Waals surface area contributed by atoms with Crippen molar-refractivity contribution in [2.24, 2.45) is 0 Å². The van der Waals surface area contributed by atoms with Crippen molar-refractivity contribution in [3.05, 3.63) is 52.5 Å². The maximum atomic E-state index is 12.6. The van der Waals surface area contributed by atoms with Gasteiger partial charge in [-0.25, -0.2) is 0 Å². The first kappa shape index (κ1) is 21.9. The molecule has 1 aliphatic rings. The summed E-state index contributed by atoms with van der Waals surface area (Å²) in [6.07, 6.45) is -4.85. The molecule has 0 spiro atoms. The fourth-order valence-electron chi connectivity index (χ4n) is 3.16. The van der Waals surface area contributed by atoms with Crippen molar-refractivity contribution in [2.45, 2.75) is 6.18 Å². The number of piperazine rings is 1. The van der Waals surface area contributed by atoms with Crippen LogP contribution in [-0.2, 0) is 4.79 Å². The molecule has 1 saturated heterocycles. The molecule has 2 aromatic rings. The molecule has 0 unspecified atom stereocenters. The lowest BCUT2D eigenvalue weighted by Crippen LogP contribution is -2.52. The fraction of sp³-hybridized carbons (Fsp3) is 0.300. The van der Waals surface area contributed by atoms with Crippen molar-refractivity contribution < 1.29 is 27.5 Å². The first-order valence-corrected chi connectivity index (χ1v) is 9.84. The number of nitrogens with zero attached hydrogens (tertiary/aromatic N) is 2. The van der Waals surface area contributed by atoms with E-state index in [1.807, 2.05) is 4.90 Å². The van der Waals surface area contributed by atoms with Crippen LogP contribution in [0, 0.1) is 0 Å². The molecule has 0 aromatic heterocycles. The number of amides is 2. The highest BCUT2D eigenvalue weighted by Crippen LogP contribution is 2.26. The smallest absolute Gasteiger partial charge is 0.471 e. The van der Waals surface area contributed by atoms with E-state index < -0.39 is 12.1 Å². The minimum atomic E-state index is -4.85. The molecule has 10 heteroatoms. The van der Waals surface area contributed by atoms with Gasteiger partial charge in [0.1, 0.15) is 5.75 Å². The van der Waals surface area contributed by atoms with E-state index in [1.54, 1.807) is 42.5 Å². The van der Waals surface area contributed by atoms with E-state index >= 15 is 0 Å². The Balaban J connectivity index is 1.62. The lowest BCUT2D eigenvalue weighted by molar-refractivity contribution is -0.185. The Bertz CT molecular complexity index is 927. The zero-order chi connectivity index (χ0) is 21.9. The van der Waals surface area contributed by atoms with Gasteiger partial charge in [0.25, 0.3) is 5.91 Å². The largest absolute Gasteiger partial charge is 0.496 e. The van der Waals surface area contributed by atoms with Crippen molar-refractivity contribution in [1.29, 1.82) is 0 Å².